The Hall–Kier alpha value is -1.26. The summed E-state index contributed by atoms with van der Waals surface area (Å²) in [5.74, 6) is -0.189. The second-order valence-corrected chi connectivity index (χ2v) is 6.44. The summed E-state index contributed by atoms with van der Waals surface area (Å²) >= 11 is 12.1. The third kappa shape index (κ3) is 3.33. The SMILES string of the molecule is CC(C)C1NC(=O)CN(C(C)c2ccc(Cl)cc2Cl)C1=O. The molecule has 2 unspecified atom stereocenters. The predicted octanol–water partition coefficient (Wildman–Crippen LogP) is 3.04. The Labute approximate surface area is 134 Å². The highest BCUT2D eigenvalue weighted by Crippen LogP contribution is 2.31. The fraction of sp³-hybridized carbons (Fsp3) is 0.467. The fourth-order valence-electron chi connectivity index (χ4n) is 2.48. The van der Waals surface area contributed by atoms with E-state index < -0.39 is 6.04 Å². The standard InChI is InChI=1S/C15H18Cl2N2O2/c1-8(2)14-15(21)19(7-13(20)18-14)9(3)11-5-4-10(16)6-12(11)17/h4-6,8-9,14H,7H2,1-3H3,(H,18,20). The van der Waals surface area contributed by atoms with Gasteiger partial charge in [0.15, 0.2) is 0 Å². The molecular weight excluding hydrogens is 311 g/mol. The van der Waals surface area contributed by atoms with E-state index in [2.05, 4.69) is 5.32 Å². The summed E-state index contributed by atoms with van der Waals surface area (Å²) in [5.41, 5.74) is 0.784. The average Bonchev–Trinajstić information content (AvgIpc) is 2.40. The van der Waals surface area contributed by atoms with Gasteiger partial charge in [0.1, 0.15) is 12.6 Å². The molecule has 2 rings (SSSR count). The lowest BCUT2D eigenvalue weighted by atomic mass is 9.98. The van der Waals surface area contributed by atoms with E-state index in [9.17, 15) is 9.59 Å². The molecule has 6 heteroatoms. The Morgan fingerprint density at radius 3 is 2.48 bits per heavy atom. The molecule has 0 saturated carbocycles. The third-order valence-corrected chi connectivity index (χ3v) is 4.29. The number of hydrogen-bond donors (Lipinski definition) is 1. The molecule has 0 aromatic heterocycles. The van der Waals surface area contributed by atoms with Gasteiger partial charge in [0.2, 0.25) is 11.8 Å². The summed E-state index contributed by atoms with van der Waals surface area (Å²) in [6.07, 6.45) is 0. The zero-order chi connectivity index (χ0) is 15.7. The Morgan fingerprint density at radius 2 is 1.90 bits per heavy atom. The molecule has 0 spiro atoms. The van der Waals surface area contributed by atoms with Gasteiger partial charge in [-0.15, -0.1) is 0 Å². The van der Waals surface area contributed by atoms with Crippen molar-refractivity contribution in [1.29, 1.82) is 0 Å². The normalized spacial score (nSPS) is 20.7. The van der Waals surface area contributed by atoms with E-state index in [4.69, 9.17) is 23.2 Å². The number of rotatable bonds is 3. The Bertz CT molecular complexity index is 575. The summed E-state index contributed by atoms with van der Waals surface area (Å²) in [5, 5.41) is 3.78. The van der Waals surface area contributed by atoms with Gasteiger partial charge in [-0.3, -0.25) is 9.59 Å². The van der Waals surface area contributed by atoms with Crippen LogP contribution in [0.2, 0.25) is 10.0 Å². The molecule has 1 fully saturated rings. The van der Waals surface area contributed by atoms with E-state index in [0.29, 0.717) is 10.0 Å². The van der Waals surface area contributed by atoms with Crippen molar-refractivity contribution < 1.29 is 9.59 Å². The highest BCUT2D eigenvalue weighted by atomic mass is 35.5. The summed E-state index contributed by atoms with van der Waals surface area (Å²) in [4.78, 5) is 26.0. The minimum atomic E-state index is -0.486. The van der Waals surface area contributed by atoms with Crippen LogP contribution in [-0.2, 0) is 9.59 Å². The summed E-state index contributed by atoms with van der Waals surface area (Å²) < 4.78 is 0. The van der Waals surface area contributed by atoms with Crippen molar-refractivity contribution >= 4 is 35.0 Å². The highest BCUT2D eigenvalue weighted by Gasteiger charge is 2.37. The van der Waals surface area contributed by atoms with Gasteiger partial charge >= 0.3 is 0 Å². The van der Waals surface area contributed by atoms with Crippen molar-refractivity contribution in [1.82, 2.24) is 10.2 Å². The number of nitrogens with one attached hydrogen (secondary N) is 1. The van der Waals surface area contributed by atoms with E-state index in [1.807, 2.05) is 20.8 Å². The molecule has 0 bridgehead atoms. The number of benzene rings is 1. The topological polar surface area (TPSA) is 49.4 Å². The molecule has 114 valence electrons. The van der Waals surface area contributed by atoms with Crippen molar-refractivity contribution in [2.45, 2.75) is 32.9 Å². The molecule has 1 aromatic carbocycles. The molecule has 2 atom stereocenters. The minimum absolute atomic E-state index is 0.0390. The molecule has 1 heterocycles. The van der Waals surface area contributed by atoms with Crippen molar-refractivity contribution in [2.75, 3.05) is 6.54 Å². The highest BCUT2D eigenvalue weighted by molar-refractivity contribution is 6.35. The molecule has 4 nitrogen and oxygen atoms in total. The molecule has 2 amide bonds. The Kier molecular flexibility index (Phi) is 4.79. The monoisotopic (exact) mass is 328 g/mol. The maximum Gasteiger partial charge on any atom is 0.246 e. The van der Waals surface area contributed by atoms with Gasteiger partial charge in [0.05, 0.1) is 6.04 Å². The van der Waals surface area contributed by atoms with Crippen molar-refractivity contribution in [3.8, 4) is 0 Å². The number of carbonyl (C=O) groups is 2. The van der Waals surface area contributed by atoms with E-state index >= 15 is 0 Å². The van der Waals surface area contributed by atoms with Crippen LogP contribution in [0.5, 0.6) is 0 Å². The van der Waals surface area contributed by atoms with Gasteiger partial charge in [-0.05, 0) is 30.5 Å². The van der Waals surface area contributed by atoms with E-state index in [0.717, 1.165) is 5.56 Å². The third-order valence-electron chi connectivity index (χ3n) is 3.73. The lowest BCUT2D eigenvalue weighted by Crippen LogP contribution is -2.60. The molecule has 21 heavy (non-hydrogen) atoms. The average molecular weight is 329 g/mol. The van der Waals surface area contributed by atoms with Gasteiger partial charge < -0.3 is 10.2 Å². The van der Waals surface area contributed by atoms with Crippen molar-refractivity contribution in [2.24, 2.45) is 5.92 Å². The smallest absolute Gasteiger partial charge is 0.246 e. The zero-order valence-electron chi connectivity index (χ0n) is 12.2. The number of halogens is 2. The van der Waals surface area contributed by atoms with E-state index in [1.54, 1.807) is 23.1 Å². The van der Waals surface area contributed by atoms with Gasteiger partial charge in [-0.1, -0.05) is 43.1 Å². The van der Waals surface area contributed by atoms with Crippen molar-refractivity contribution in [3.05, 3.63) is 33.8 Å². The van der Waals surface area contributed by atoms with Crippen LogP contribution in [0.1, 0.15) is 32.4 Å². The molecule has 1 aromatic rings. The van der Waals surface area contributed by atoms with E-state index in [1.165, 1.54) is 0 Å². The molecule has 1 aliphatic rings. The second-order valence-electron chi connectivity index (χ2n) is 5.60. The van der Waals surface area contributed by atoms with Crippen LogP contribution >= 0.6 is 23.2 Å². The van der Waals surface area contributed by atoms with Crippen LogP contribution in [0, 0.1) is 5.92 Å². The number of amides is 2. The molecule has 1 N–H and O–H groups in total. The molecular formula is C15H18Cl2N2O2. The number of nitrogens with zero attached hydrogens (tertiary/aromatic N) is 1. The van der Waals surface area contributed by atoms with Gasteiger partial charge in [-0.2, -0.15) is 0 Å². The zero-order valence-corrected chi connectivity index (χ0v) is 13.7. The first-order chi connectivity index (χ1) is 9.81. The summed E-state index contributed by atoms with van der Waals surface area (Å²) in [6, 6.07) is 4.39. The lowest BCUT2D eigenvalue weighted by molar-refractivity contribution is -0.147. The maximum absolute atomic E-state index is 12.5. The second kappa shape index (κ2) is 6.24. The fourth-order valence-corrected chi connectivity index (χ4v) is 3.05. The largest absolute Gasteiger partial charge is 0.343 e. The lowest BCUT2D eigenvalue weighted by Gasteiger charge is -2.38. The molecule has 0 aliphatic carbocycles. The molecule has 1 saturated heterocycles. The van der Waals surface area contributed by atoms with Gasteiger partial charge in [0, 0.05) is 10.0 Å². The first-order valence-corrected chi connectivity index (χ1v) is 7.61. The predicted molar refractivity (Wildman–Crippen MR) is 83.4 cm³/mol. The van der Waals surface area contributed by atoms with Crippen LogP contribution in [-0.4, -0.2) is 29.3 Å². The maximum atomic E-state index is 12.5. The first kappa shape index (κ1) is 16.1. The Balaban J connectivity index is 2.30. The minimum Gasteiger partial charge on any atom is -0.343 e. The van der Waals surface area contributed by atoms with Gasteiger partial charge in [0.25, 0.3) is 0 Å². The van der Waals surface area contributed by atoms with Crippen LogP contribution in [0.15, 0.2) is 18.2 Å². The molecule has 0 radical (unpaired) electrons. The quantitative estimate of drug-likeness (QED) is 0.927. The van der Waals surface area contributed by atoms with Crippen LogP contribution < -0.4 is 5.32 Å². The summed E-state index contributed by atoms with van der Waals surface area (Å²) in [7, 11) is 0. The first-order valence-electron chi connectivity index (χ1n) is 6.86. The van der Waals surface area contributed by atoms with E-state index in [-0.39, 0.29) is 30.3 Å². The Morgan fingerprint density at radius 1 is 1.24 bits per heavy atom. The van der Waals surface area contributed by atoms with Crippen LogP contribution in [0.3, 0.4) is 0 Å². The van der Waals surface area contributed by atoms with Crippen LogP contribution in [0.4, 0.5) is 0 Å². The van der Waals surface area contributed by atoms with Crippen molar-refractivity contribution in [3.63, 3.8) is 0 Å². The van der Waals surface area contributed by atoms with Crippen LogP contribution in [0.25, 0.3) is 0 Å². The summed E-state index contributed by atoms with van der Waals surface area (Å²) in [6.45, 7) is 5.73. The van der Waals surface area contributed by atoms with Gasteiger partial charge in [-0.25, -0.2) is 0 Å². The number of carbonyl (C=O) groups excluding carboxylic acids is 2. The molecule has 1 aliphatic heterocycles. The number of piperazine rings is 1. The number of hydrogen-bond acceptors (Lipinski definition) is 2.